The first kappa shape index (κ1) is 14.4. The van der Waals surface area contributed by atoms with Gasteiger partial charge in [-0.15, -0.1) is 5.10 Å². The third kappa shape index (κ3) is 3.73. The molecule has 2 aromatic heterocycles. The number of pyridine rings is 1. The summed E-state index contributed by atoms with van der Waals surface area (Å²) in [7, 11) is 0. The van der Waals surface area contributed by atoms with Crippen LogP contribution >= 0.6 is 0 Å². The van der Waals surface area contributed by atoms with Crippen molar-refractivity contribution >= 4 is 5.95 Å². The molecule has 106 valence electrons. The molecule has 2 heterocycles. The molecule has 0 spiro atoms. The Kier molecular flexibility index (Phi) is 4.61. The zero-order valence-electron chi connectivity index (χ0n) is 12.5. The summed E-state index contributed by atoms with van der Waals surface area (Å²) in [5.74, 6) is 1.19. The first-order valence-electron chi connectivity index (χ1n) is 6.89. The van der Waals surface area contributed by atoms with Crippen molar-refractivity contribution in [2.45, 2.75) is 34.2 Å². The summed E-state index contributed by atoms with van der Waals surface area (Å²) < 4.78 is 0. The zero-order chi connectivity index (χ0) is 14.5. The maximum absolute atomic E-state index is 4.55. The molecule has 0 aliphatic rings. The van der Waals surface area contributed by atoms with Crippen LogP contribution in [0.25, 0.3) is 0 Å². The summed E-state index contributed by atoms with van der Waals surface area (Å²) in [6, 6.07) is 5.93. The number of rotatable bonds is 5. The van der Waals surface area contributed by atoms with Gasteiger partial charge in [0.1, 0.15) is 0 Å². The van der Waals surface area contributed by atoms with Crippen LogP contribution in [0.4, 0.5) is 5.95 Å². The number of aryl methyl sites for hydroxylation is 2. The highest BCUT2D eigenvalue weighted by Crippen LogP contribution is 2.14. The first-order valence-corrected chi connectivity index (χ1v) is 6.89. The fourth-order valence-electron chi connectivity index (χ4n) is 1.92. The van der Waals surface area contributed by atoms with Crippen LogP contribution in [0, 0.1) is 19.8 Å². The van der Waals surface area contributed by atoms with Gasteiger partial charge in [-0.05, 0) is 31.9 Å². The molecule has 2 aromatic rings. The van der Waals surface area contributed by atoms with Gasteiger partial charge in [0, 0.05) is 12.7 Å². The molecular weight excluding hydrogens is 250 g/mol. The van der Waals surface area contributed by atoms with E-state index in [1.165, 1.54) is 0 Å². The van der Waals surface area contributed by atoms with Gasteiger partial charge in [0.25, 0.3) is 0 Å². The second-order valence-corrected chi connectivity index (χ2v) is 5.38. The zero-order valence-corrected chi connectivity index (χ0v) is 12.5. The minimum absolute atomic E-state index is 0.518. The van der Waals surface area contributed by atoms with Gasteiger partial charge in [-0.2, -0.15) is 5.10 Å². The molecule has 0 saturated heterocycles. The highest BCUT2D eigenvalue weighted by atomic mass is 15.3. The summed E-state index contributed by atoms with van der Waals surface area (Å²) in [6.45, 7) is 9.82. The summed E-state index contributed by atoms with van der Waals surface area (Å²) in [4.78, 5) is 11.1. The average Bonchev–Trinajstić information content (AvgIpc) is 2.42. The van der Waals surface area contributed by atoms with E-state index >= 15 is 0 Å². The predicted molar refractivity (Wildman–Crippen MR) is 79.4 cm³/mol. The molecular formula is C15H21N5. The second-order valence-electron chi connectivity index (χ2n) is 5.38. The third-order valence-corrected chi connectivity index (χ3v) is 3.03. The van der Waals surface area contributed by atoms with Gasteiger partial charge in [-0.25, -0.2) is 4.98 Å². The van der Waals surface area contributed by atoms with Gasteiger partial charge in [0.2, 0.25) is 5.95 Å². The van der Waals surface area contributed by atoms with E-state index in [2.05, 4.69) is 38.9 Å². The highest BCUT2D eigenvalue weighted by molar-refractivity contribution is 5.31. The molecule has 0 N–H and O–H groups in total. The number of aromatic nitrogens is 4. The Balaban J connectivity index is 2.24. The summed E-state index contributed by atoms with van der Waals surface area (Å²) in [5.41, 5.74) is 2.80. The summed E-state index contributed by atoms with van der Waals surface area (Å²) >= 11 is 0. The lowest BCUT2D eigenvalue weighted by Gasteiger charge is -2.24. The second kappa shape index (κ2) is 6.41. The molecule has 0 aromatic carbocycles. The standard InChI is InChI=1S/C15H21N5/c1-11(2)9-20(10-14-7-5-6-8-16-14)15-17-12(3)13(4)18-19-15/h5-8,11H,9-10H2,1-4H3. The Bertz CT molecular complexity index is 553. The molecule has 5 heteroatoms. The normalized spacial score (nSPS) is 10.8. The Hall–Kier alpha value is -2.04. The van der Waals surface area contributed by atoms with E-state index in [0.29, 0.717) is 18.4 Å². The van der Waals surface area contributed by atoms with Crippen LogP contribution in [0.15, 0.2) is 24.4 Å². The van der Waals surface area contributed by atoms with Gasteiger partial charge >= 0.3 is 0 Å². The lowest BCUT2D eigenvalue weighted by Crippen LogP contribution is -2.29. The van der Waals surface area contributed by atoms with Gasteiger partial charge in [0.15, 0.2) is 0 Å². The largest absolute Gasteiger partial charge is 0.333 e. The van der Waals surface area contributed by atoms with E-state index in [4.69, 9.17) is 0 Å². The van der Waals surface area contributed by atoms with Crippen molar-refractivity contribution in [2.24, 2.45) is 5.92 Å². The maximum atomic E-state index is 4.55. The lowest BCUT2D eigenvalue weighted by atomic mass is 10.2. The van der Waals surface area contributed by atoms with Crippen molar-refractivity contribution in [3.63, 3.8) is 0 Å². The molecule has 0 aliphatic carbocycles. The maximum Gasteiger partial charge on any atom is 0.245 e. The Labute approximate surface area is 120 Å². The van der Waals surface area contributed by atoms with E-state index in [0.717, 1.165) is 23.6 Å². The summed E-state index contributed by atoms with van der Waals surface area (Å²) in [5, 5.41) is 8.40. The lowest BCUT2D eigenvalue weighted by molar-refractivity contribution is 0.590. The van der Waals surface area contributed by atoms with Crippen molar-refractivity contribution in [3.8, 4) is 0 Å². The predicted octanol–water partition coefficient (Wildman–Crippen LogP) is 2.55. The van der Waals surface area contributed by atoms with Crippen LogP contribution in [0.1, 0.15) is 30.9 Å². The number of hydrogen-bond acceptors (Lipinski definition) is 5. The SMILES string of the molecule is Cc1nnc(N(Cc2ccccn2)CC(C)C)nc1C. The van der Waals surface area contributed by atoms with Crippen molar-refractivity contribution in [3.05, 3.63) is 41.5 Å². The first-order chi connectivity index (χ1) is 9.56. The molecule has 0 radical (unpaired) electrons. The monoisotopic (exact) mass is 271 g/mol. The van der Waals surface area contributed by atoms with Crippen LogP contribution in [0.5, 0.6) is 0 Å². The molecule has 0 atom stereocenters. The van der Waals surface area contributed by atoms with E-state index in [1.54, 1.807) is 0 Å². The van der Waals surface area contributed by atoms with Gasteiger partial charge in [0.05, 0.1) is 23.6 Å². The van der Waals surface area contributed by atoms with E-state index in [-0.39, 0.29) is 0 Å². The minimum Gasteiger partial charge on any atom is -0.333 e. The molecule has 0 fully saturated rings. The van der Waals surface area contributed by atoms with E-state index in [1.807, 2.05) is 38.2 Å². The molecule has 5 nitrogen and oxygen atoms in total. The van der Waals surface area contributed by atoms with Gasteiger partial charge in [-0.3, -0.25) is 4.98 Å². The van der Waals surface area contributed by atoms with Gasteiger partial charge < -0.3 is 4.90 Å². The number of anilines is 1. The van der Waals surface area contributed by atoms with E-state index < -0.39 is 0 Å². The van der Waals surface area contributed by atoms with Crippen LogP contribution in [-0.4, -0.2) is 26.7 Å². The molecule has 0 saturated carbocycles. The Morgan fingerprint density at radius 3 is 2.50 bits per heavy atom. The van der Waals surface area contributed by atoms with E-state index in [9.17, 15) is 0 Å². The molecule has 0 bridgehead atoms. The van der Waals surface area contributed by atoms with Gasteiger partial charge in [-0.1, -0.05) is 19.9 Å². The number of nitrogens with zero attached hydrogens (tertiary/aromatic N) is 5. The molecule has 0 amide bonds. The molecule has 0 aliphatic heterocycles. The van der Waals surface area contributed by atoms with Crippen LogP contribution in [0.3, 0.4) is 0 Å². The topological polar surface area (TPSA) is 54.8 Å². The van der Waals surface area contributed by atoms with Crippen molar-refractivity contribution in [2.75, 3.05) is 11.4 Å². The third-order valence-electron chi connectivity index (χ3n) is 3.03. The molecule has 20 heavy (non-hydrogen) atoms. The van der Waals surface area contributed by atoms with Crippen molar-refractivity contribution < 1.29 is 0 Å². The molecule has 0 unspecified atom stereocenters. The fourth-order valence-corrected chi connectivity index (χ4v) is 1.92. The van der Waals surface area contributed by atoms with Crippen molar-refractivity contribution in [1.29, 1.82) is 0 Å². The fraction of sp³-hybridized carbons (Fsp3) is 0.467. The Morgan fingerprint density at radius 1 is 1.10 bits per heavy atom. The van der Waals surface area contributed by atoms with Crippen LogP contribution in [0.2, 0.25) is 0 Å². The van der Waals surface area contributed by atoms with Crippen LogP contribution in [-0.2, 0) is 6.54 Å². The van der Waals surface area contributed by atoms with Crippen molar-refractivity contribution in [1.82, 2.24) is 20.2 Å². The quantitative estimate of drug-likeness (QED) is 0.836. The highest BCUT2D eigenvalue weighted by Gasteiger charge is 2.14. The smallest absolute Gasteiger partial charge is 0.245 e. The Morgan fingerprint density at radius 2 is 1.90 bits per heavy atom. The number of hydrogen-bond donors (Lipinski definition) is 0. The average molecular weight is 271 g/mol. The molecule has 2 rings (SSSR count). The minimum atomic E-state index is 0.518. The van der Waals surface area contributed by atoms with Crippen LogP contribution < -0.4 is 4.90 Å². The summed E-state index contributed by atoms with van der Waals surface area (Å²) in [6.07, 6.45) is 1.81.